The number of hydrogen-bond donors (Lipinski definition) is 6. The Kier molecular flexibility index (Phi) is 12.8. The fraction of sp³-hybridized carbons (Fsp3) is 0.229. The van der Waals surface area contributed by atoms with Gasteiger partial charge in [-0.1, -0.05) is 42.2 Å². The number of carbonyl (C=O) groups is 2. The van der Waals surface area contributed by atoms with Gasteiger partial charge in [-0.3, -0.25) is 10.1 Å². The molecule has 0 bridgehead atoms. The number of aromatic amines is 2. The van der Waals surface area contributed by atoms with Gasteiger partial charge in [0.05, 0.1) is 30.0 Å². The van der Waals surface area contributed by atoms with E-state index in [0.29, 0.717) is 36.9 Å². The summed E-state index contributed by atoms with van der Waals surface area (Å²) in [5.41, 5.74) is 9.36. The Hall–Kier alpha value is -4.75. The van der Waals surface area contributed by atoms with E-state index in [0.717, 1.165) is 50.1 Å². The highest BCUT2D eigenvalue weighted by Crippen LogP contribution is 2.25. The second kappa shape index (κ2) is 17.6. The third-order valence-electron chi connectivity index (χ3n) is 7.30. The van der Waals surface area contributed by atoms with Gasteiger partial charge in [0.1, 0.15) is 11.1 Å². The molecule has 0 aliphatic rings. The Labute approximate surface area is 287 Å². The SMILES string of the molecule is COC(=O)NCCCC(=N)Pc1ncc(-c2ccc(C#Cc3ccc(-c4ccc5nc(PC(=O)CCNC(O)OC)[nH]c5c4)cc3)cc2)[nH]1. The van der Waals surface area contributed by atoms with Crippen LogP contribution in [-0.2, 0) is 14.3 Å². The lowest BCUT2D eigenvalue weighted by atomic mass is 10.0. The summed E-state index contributed by atoms with van der Waals surface area (Å²) in [6.45, 7) is 0.784. The lowest BCUT2D eigenvalue weighted by molar-refractivity contribution is -0.113. The van der Waals surface area contributed by atoms with E-state index in [1.807, 2.05) is 66.7 Å². The number of H-pyrrole nitrogens is 2. The Morgan fingerprint density at radius 2 is 1.59 bits per heavy atom. The summed E-state index contributed by atoms with van der Waals surface area (Å²) < 4.78 is 9.26. The first-order valence-corrected chi connectivity index (χ1v) is 17.5. The molecule has 14 heteroatoms. The van der Waals surface area contributed by atoms with E-state index < -0.39 is 12.5 Å². The first-order valence-electron chi connectivity index (χ1n) is 15.5. The van der Waals surface area contributed by atoms with E-state index in [1.54, 1.807) is 6.20 Å². The molecule has 2 heterocycles. The van der Waals surface area contributed by atoms with E-state index >= 15 is 0 Å². The van der Waals surface area contributed by atoms with Crippen LogP contribution in [0.25, 0.3) is 33.4 Å². The minimum atomic E-state index is -1.08. The molecule has 5 aromatic rings. The molecule has 3 atom stereocenters. The van der Waals surface area contributed by atoms with Crippen molar-refractivity contribution in [2.75, 3.05) is 27.3 Å². The monoisotopic (exact) mass is 697 g/mol. The van der Waals surface area contributed by atoms with Gasteiger partial charge in [0.15, 0.2) is 5.52 Å². The van der Waals surface area contributed by atoms with Gasteiger partial charge < -0.3 is 35.3 Å². The normalized spacial score (nSPS) is 12.0. The number of benzene rings is 3. The molecular weight excluding hydrogens is 660 g/mol. The Bertz CT molecular complexity index is 1960. The molecule has 0 fully saturated rings. The van der Waals surface area contributed by atoms with Gasteiger partial charge in [-0.2, -0.15) is 0 Å². The smallest absolute Gasteiger partial charge is 0.406 e. The number of nitrogens with zero attached hydrogens (tertiary/aromatic N) is 2. The number of nitrogens with one attached hydrogen (secondary N) is 5. The number of fused-ring (bicyclic) bond motifs is 1. The predicted octanol–water partition coefficient (Wildman–Crippen LogP) is 4.17. The van der Waals surface area contributed by atoms with Crippen molar-refractivity contribution in [2.45, 2.75) is 25.7 Å². The summed E-state index contributed by atoms with van der Waals surface area (Å²) in [5.74, 6) is 6.46. The van der Waals surface area contributed by atoms with Crippen molar-refractivity contribution >= 4 is 56.4 Å². The summed E-state index contributed by atoms with van der Waals surface area (Å²) in [4.78, 5) is 39.0. The number of rotatable bonds is 15. The second-order valence-electron chi connectivity index (χ2n) is 10.8. The molecule has 12 nitrogen and oxygen atoms in total. The molecular formula is C35H37N7O5P2. The molecule has 0 saturated carbocycles. The maximum Gasteiger partial charge on any atom is 0.406 e. The molecule has 0 aliphatic carbocycles. The summed E-state index contributed by atoms with van der Waals surface area (Å²) >= 11 is 0. The van der Waals surface area contributed by atoms with Crippen LogP contribution >= 0.6 is 17.2 Å². The highest BCUT2D eigenvalue weighted by atomic mass is 31.1. The third kappa shape index (κ3) is 10.6. The van der Waals surface area contributed by atoms with Crippen molar-refractivity contribution in [3.8, 4) is 34.2 Å². The maximum absolute atomic E-state index is 12.3. The highest BCUT2D eigenvalue weighted by Gasteiger charge is 2.11. The zero-order valence-corrected chi connectivity index (χ0v) is 29.0. The van der Waals surface area contributed by atoms with E-state index in [9.17, 15) is 14.7 Å². The molecule has 0 spiro atoms. The van der Waals surface area contributed by atoms with Crippen molar-refractivity contribution in [3.05, 3.63) is 84.1 Å². The molecule has 3 unspecified atom stereocenters. The van der Waals surface area contributed by atoms with Gasteiger partial charge in [-0.05, 0) is 74.5 Å². The van der Waals surface area contributed by atoms with Crippen LogP contribution in [0.3, 0.4) is 0 Å². The van der Waals surface area contributed by atoms with Crippen LogP contribution < -0.4 is 21.8 Å². The van der Waals surface area contributed by atoms with E-state index in [-0.39, 0.29) is 29.1 Å². The predicted molar refractivity (Wildman–Crippen MR) is 195 cm³/mol. The average molecular weight is 698 g/mol. The molecule has 252 valence electrons. The lowest BCUT2D eigenvalue weighted by Gasteiger charge is -2.09. The molecule has 0 saturated heterocycles. The third-order valence-corrected chi connectivity index (χ3v) is 9.35. The van der Waals surface area contributed by atoms with Crippen molar-refractivity contribution < 1.29 is 24.2 Å². The van der Waals surface area contributed by atoms with Crippen molar-refractivity contribution in [3.63, 3.8) is 0 Å². The van der Waals surface area contributed by atoms with E-state index in [1.165, 1.54) is 14.2 Å². The number of hydrogen-bond acceptors (Lipinski definition) is 9. The number of carbonyl (C=O) groups excluding carboxylic acids is 2. The number of methoxy groups -OCH3 is 2. The molecule has 49 heavy (non-hydrogen) atoms. The van der Waals surface area contributed by atoms with Gasteiger partial charge in [-0.25, -0.2) is 14.8 Å². The number of aliphatic hydroxyl groups is 1. The molecule has 0 radical (unpaired) electrons. The van der Waals surface area contributed by atoms with Crippen molar-refractivity contribution in [1.29, 1.82) is 5.41 Å². The van der Waals surface area contributed by atoms with Gasteiger partial charge >= 0.3 is 6.09 Å². The minimum Gasteiger partial charge on any atom is -0.453 e. The zero-order valence-electron chi connectivity index (χ0n) is 27.0. The van der Waals surface area contributed by atoms with Crippen LogP contribution in [0, 0.1) is 17.3 Å². The molecule has 0 aliphatic heterocycles. The van der Waals surface area contributed by atoms with Crippen LogP contribution in [0.2, 0.25) is 0 Å². The topological polar surface area (TPSA) is 178 Å². The summed E-state index contributed by atoms with van der Waals surface area (Å²) in [5, 5.41) is 22.9. The maximum atomic E-state index is 12.3. The number of aliphatic hydroxyl groups excluding tert-OH is 1. The van der Waals surface area contributed by atoms with Crippen molar-refractivity contribution in [1.82, 2.24) is 30.6 Å². The molecule has 1 amide bonds. The molecule has 3 aromatic carbocycles. The van der Waals surface area contributed by atoms with E-state index in [2.05, 4.69) is 47.1 Å². The summed E-state index contributed by atoms with van der Waals surface area (Å²) in [6.07, 6.45) is 1.74. The number of ether oxygens (including phenoxy) is 2. The van der Waals surface area contributed by atoms with Crippen molar-refractivity contribution in [2.24, 2.45) is 0 Å². The summed E-state index contributed by atoms with van der Waals surface area (Å²) in [7, 11) is 2.74. The number of amides is 1. The Balaban J connectivity index is 1.13. The van der Waals surface area contributed by atoms with Gasteiger partial charge in [0.25, 0.3) is 0 Å². The Morgan fingerprint density at radius 1 is 0.898 bits per heavy atom. The second-order valence-corrected chi connectivity index (χ2v) is 13.4. The number of alkyl carbamates (subject to hydrolysis) is 1. The molecule has 2 aromatic heterocycles. The van der Waals surface area contributed by atoms with E-state index in [4.69, 9.17) is 10.1 Å². The summed E-state index contributed by atoms with van der Waals surface area (Å²) in [6, 6.07) is 22.0. The van der Waals surface area contributed by atoms with Crippen LogP contribution in [-0.4, -0.2) is 75.8 Å². The first kappa shape index (κ1) is 35.6. The zero-order chi connectivity index (χ0) is 34.6. The van der Waals surface area contributed by atoms with Crippen LogP contribution in [0.4, 0.5) is 4.79 Å². The quantitative estimate of drug-likeness (QED) is 0.0310. The van der Waals surface area contributed by atoms with Crippen LogP contribution in [0.1, 0.15) is 30.4 Å². The average Bonchev–Trinajstić information content (AvgIpc) is 3.75. The molecule has 6 N–H and O–H groups in total. The fourth-order valence-corrected chi connectivity index (χ4v) is 6.53. The van der Waals surface area contributed by atoms with Crippen LogP contribution in [0.15, 0.2) is 72.9 Å². The number of aromatic nitrogens is 4. The Morgan fingerprint density at radius 3 is 2.29 bits per heavy atom. The number of imidazole rings is 2. The van der Waals surface area contributed by atoms with Gasteiger partial charge in [0, 0.05) is 51.8 Å². The highest BCUT2D eigenvalue weighted by molar-refractivity contribution is 7.65. The largest absolute Gasteiger partial charge is 0.453 e. The first-order chi connectivity index (χ1) is 23.8. The standard InChI is InChI=1S/C35H37N7O5P2/c1-46-34(44)37-18-3-4-30(36)48-32-39-21-29(42-32)25-13-9-23(10-14-25)6-5-22-7-11-24(12-8-22)26-15-16-27-28(20-26)41-33(40-27)49-31(43)17-19-38-35(45)47-2/h7-16,20-21,35-36,38,45,48-49H,3-4,17-19H2,1-2H3,(H,37,44)(H,39,42)(H,40,41). The van der Waals surface area contributed by atoms with Crippen LogP contribution in [0.5, 0.6) is 0 Å². The lowest BCUT2D eigenvalue weighted by Crippen LogP contribution is -2.31. The van der Waals surface area contributed by atoms with Gasteiger partial charge in [0.2, 0.25) is 6.41 Å². The fourth-order valence-electron chi connectivity index (χ4n) is 4.72. The minimum absolute atomic E-state index is 0.0321. The molecule has 5 rings (SSSR count). The van der Waals surface area contributed by atoms with Gasteiger partial charge in [-0.15, -0.1) is 0 Å².